The number of hydrogen-bond acceptors (Lipinski definition) is 2. The summed E-state index contributed by atoms with van der Waals surface area (Å²) in [5.41, 5.74) is 0.898. The molecule has 0 spiro atoms. The fourth-order valence-corrected chi connectivity index (χ4v) is 2.08. The summed E-state index contributed by atoms with van der Waals surface area (Å²) in [5.74, 6) is 0.788. The molecule has 1 aromatic rings. The first kappa shape index (κ1) is 11.3. The fraction of sp³-hybridized carbons (Fsp3) is 0.333. The van der Waals surface area contributed by atoms with Gasteiger partial charge in [-0.2, -0.15) is 0 Å². The molecule has 0 bridgehead atoms. The number of methoxy groups -OCH3 is 1. The molecule has 0 aromatic heterocycles. The van der Waals surface area contributed by atoms with Gasteiger partial charge < -0.3 is 9.84 Å². The molecule has 4 heteroatoms. The van der Waals surface area contributed by atoms with E-state index >= 15 is 0 Å². The van der Waals surface area contributed by atoms with Crippen LogP contribution in [0.3, 0.4) is 0 Å². The number of benzene rings is 1. The van der Waals surface area contributed by atoms with Gasteiger partial charge >= 0.3 is 0 Å². The quantitative estimate of drug-likeness (QED) is 0.666. The van der Waals surface area contributed by atoms with E-state index < -0.39 is 6.10 Å². The lowest BCUT2D eigenvalue weighted by molar-refractivity contribution is 0.206. The Bertz CT molecular complexity index is 291. The molecule has 0 aliphatic rings. The number of rotatable bonds is 3. The summed E-state index contributed by atoms with van der Waals surface area (Å²) in [6.45, 7) is 0. The van der Waals surface area contributed by atoms with Crippen LogP contribution in [0.2, 0.25) is 0 Å². The van der Waals surface area contributed by atoms with Crippen LogP contribution in [0.4, 0.5) is 0 Å². The van der Waals surface area contributed by atoms with E-state index in [1.807, 2.05) is 18.2 Å². The molecule has 1 atom stereocenters. The van der Waals surface area contributed by atoms with E-state index in [2.05, 4.69) is 38.5 Å². The molecule has 2 nitrogen and oxygen atoms in total. The molecule has 1 aromatic carbocycles. The Morgan fingerprint density at radius 3 is 2.77 bits per heavy atom. The van der Waals surface area contributed by atoms with Gasteiger partial charge in [-0.15, -0.1) is 0 Å². The summed E-state index contributed by atoms with van der Waals surface area (Å²) in [6.07, 6.45) is -0.416. The third-order valence-electron chi connectivity index (χ3n) is 1.71. The summed E-state index contributed by atoms with van der Waals surface area (Å²) in [6, 6.07) is 5.56. The van der Waals surface area contributed by atoms with Gasteiger partial charge in [0, 0.05) is 8.90 Å². The lowest BCUT2D eigenvalue weighted by atomic mass is 10.1. The van der Waals surface area contributed by atoms with Gasteiger partial charge in [-0.05, 0) is 17.7 Å². The highest BCUT2D eigenvalue weighted by Gasteiger charge is 2.09. The van der Waals surface area contributed by atoms with Gasteiger partial charge in [0.2, 0.25) is 0 Å². The maximum absolute atomic E-state index is 9.60. The largest absolute Gasteiger partial charge is 0.497 e. The first-order valence-electron chi connectivity index (χ1n) is 3.76. The van der Waals surface area contributed by atoms with Crippen LogP contribution in [-0.4, -0.2) is 16.6 Å². The first-order chi connectivity index (χ1) is 6.19. The zero-order chi connectivity index (χ0) is 9.84. The van der Waals surface area contributed by atoms with Crippen molar-refractivity contribution >= 4 is 38.5 Å². The van der Waals surface area contributed by atoms with Crippen molar-refractivity contribution in [1.82, 2.24) is 0 Å². The minimum absolute atomic E-state index is 0.416. The van der Waals surface area contributed by atoms with E-state index in [0.29, 0.717) is 4.43 Å². The van der Waals surface area contributed by atoms with Crippen LogP contribution >= 0.6 is 38.5 Å². The summed E-state index contributed by atoms with van der Waals surface area (Å²) in [4.78, 5) is 0. The Hall–Kier alpha value is 0.190. The normalized spacial score (nSPS) is 12.6. The Labute approximate surface area is 99.6 Å². The number of hydrogen-bond donors (Lipinski definition) is 1. The van der Waals surface area contributed by atoms with Crippen molar-refractivity contribution in [3.8, 4) is 5.75 Å². The van der Waals surface area contributed by atoms with Crippen molar-refractivity contribution < 1.29 is 9.84 Å². The predicted octanol–water partition coefficient (Wildman–Crippen LogP) is 2.93. The second-order valence-corrected chi connectivity index (χ2v) is 4.29. The molecule has 0 amide bonds. The minimum atomic E-state index is -0.416. The van der Waals surface area contributed by atoms with Crippen molar-refractivity contribution in [2.75, 3.05) is 11.5 Å². The topological polar surface area (TPSA) is 29.5 Å². The third kappa shape index (κ3) is 2.82. The molecule has 0 fully saturated rings. The van der Waals surface area contributed by atoms with Gasteiger partial charge in [-0.1, -0.05) is 44.6 Å². The maximum Gasteiger partial charge on any atom is 0.120 e. The Morgan fingerprint density at radius 2 is 2.31 bits per heavy atom. The van der Waals surface area contributed by atoms with Gasteiger partial charge in [0.25, 0.3) is 0 Å². The molecule has 1 N–H and O–H groups in total. The van der Waals surface area contributed by atoms with Crippen LogP contribution in [0.15, 0.2) is 22.7 Å². The second-order valence-electron chi connectivity index (χ2n) is 2.56. The predicted molar refractivity (Wildman–Crippen MR) is 64.5 cm³/mol. The summed E-state index contributed by atoms with van der Waals surface area (Å²) < 4.78 is 6.62. The number of ether oxygens (including phenoxy) is 1. The van der Waals surface area contributed by atoms with E-state index in [1.54, 1.807) is 7.11 Å². The SMILES string of the molecule is COc1ccc(C(O)CI)c(Br)c1. The standard InChI is InChI=1S/C9H10BrIO2/c1-13-6-2-3-7(8(10)4-6)9(12)5-11/h2-4,9,12H,5H2,1H3. The number of halogens is 2. The highest BCUT2D eigenvalue weighted by atomic mass is 127. The second kappa shape index (κ2) is 5.17. The van der Waals surface area contributed by atoms with E-state index in [9.17, 15) is 5.11 Å². The lowest BCUT2D eigenvalue weighted by Crippen LogP contribution is -1.99. The van der Waals surface area contributed by atoms with Crippen LogP contribution in [-0.2, 0) is 0 Å². The molecule has 0 saturated carbocycles. The highest BCUT2D eigenvalue weighted by molar-refractivity contribution is 14.1. The lowest BCUT2D eigenvalue weighted by Gasteiger charge is -2.10. The van der Waals surface area contributed by atoms with Gasteiger partial charge in [0.15, 0.2) is 0 Å². The number of aliphatic hydroxyl groups excluding tert-OH is 1. The Morgan fingerprint density at radius 1 is 1.62 bits per heavy atom. The van der Waals surface area contributed by atoms with Crippen LogP contribution < -0.4 is 4.74 Å². The van der Waals surface area contributed by atoms with Gasteiger partial charge in [-0.25, -0.2) is 0 Å². The molecule has 13 heavy (non-hydrogen) atoms. The summed E-state index contributed by atoms with van der Waals surface area (Å²) in [5, 5.41) is 9.60. The minimum Gasteiger partial charge on any atom is -0.497 e. The molecule has 0 radical (unpaired) electrons. The Kier molecular flexibility index (Phi) is 4.48. The molecule has 1 rings (SSSR count). The average Bonchev–Trinajstić information content (AvgIpc) is 2.16. The number of aliphatic hydroxyl groups is 1. The molecule has 0 aliphatic carbocycles. The molecule has 0 aliphatic heterocycles. The van der Waals surface area contributed by atoms with Crippen molar-refractivity contribution in [3.63, 3.8) is 0 Å². The third-order valence-corrected chi connectivity index (χ3v) is 3.23. The van der Waals surface area contributed by atoms with Crippen molar-refractivity contribution in [2.45, 2.75) is 6.10 Å². The number of alkyl halides is 1. The van der Waals surface area contributed by atoms with Crippen LogP contribution in [0.5, 0.6) is 5.75 Å². The van der Waals surface area contributed by atoms with Crippen LogP contribution in [0.25, 0.3) is 0 Å². The molecular formula is C9H10BrIO2. The van der Waals surface area contributed by atoms with Crippen LogP contribution in [0, 0.1) is 0 Å². The van der Waals surface area contributed by atoms with E-state index in [4.69, 9.17) is 4.74 Å². The van der Waals surface area contributed by atoms with Gasteiger partial charge in [0.1, 0.15) is 5.75 Å². The first-order valence-corrected chi connectivity index (χ1v) is 6.08. The van der Waals surface area contributed by atoms with Crippen molar-refractivity contribution in [1.29, 1.82) is 0 Å². The monoisotopic (exact) mass is 356 g/mol. The van der Waals surface area contributed by atoms with E-state index in [1.165, 1.54) is 0 Å². The summed E-state index contributed by atoms with van der Waals surface area (Å²) in [7, 11) is 1.62. The molecular weight excluding hydrogens is 347 g/mol. The van der Waals surface area contributed by atoms with Crippen molar-refractivity contribution in [2.24, 2.45) is 0 Å². The molecule has 0 saturated heterocycles. The zero-order valence-electron chi connectivity index (χ0n) is 7.13. The highest BCUT2D eigenvalue weighted by Crippen LogP contribution is 2.28. The van der Waals surface area contributed by atoms with E-state index in [-0.39, 0.29) is 0 Å². The van der Waals surface area contributed by atoms with Gasteiger partial charge in [-0.3, -0.25) is 0 Å². The molecule has 72 valence electrons. The van der Waals surface area contributed by atoms with E-state index in [0.717, 1.165) is 15.8 Å². The average molecular weight is 357 g/mol. The van der Waals surface area contributed by atoms with Gasteiger partial charge in [0.05, 0.1) is 13.2 Å². The maximum atomic E-state index is 9.60. The Balaban J connectivity index is 2.98. The smallest absolute Gasteiger partial charge is 0.120 e. The van der Waals surface area contributed by atoms with Crippen molar-refractivity contribution in [3.05, 3.63) is 28.2 Å². The molecule has 1 unspecified atom stereocenters. The van der Waals surface area contributed by atoms with Crippen LogP contribution in [0.1, 0.15) is 11.7 Å². The zero-order valence-corrected chi connectivity index (χ0v) is 10.9. The molecule has 0 heterocycles. The summed E-state index contributed by atoms with van der Waals surface area (Å²) >= 11 is 5.54. The fourth-order valence-electron chi connectivity index (χ4n) is 0.988.